The van der Waals surface area contributed by atoms with Crippen molar-refractivity contribution >= 4 is 5.97 Å². The fourth-order valence-electron chi connectivity index (χ4n) is 0.965. The Bertz CT molecular complexity index is 199. The molecule has 64 valence electrons. The lowest BCUT2D eigenvalue weighted by Crippen LogP contribution is -2.15. The number of rotatable bonds is 5. The molecule has 0 aliphatic rings. The summed E-state index contributed by atoms with van der Waals surface area (Å²) in [7, 11) is -2.63. The van der Waals surface area contributed by atoms with Crippen LogP contribution in [0.5, 0.6) is 0 Å². The maximum absolute atomic E-state index is 11.3. The molecule has 0 aliphatic heterocycles. The van der Waals surface area contributed by atoms with E-state index in [1.165, 1.54) is 0 Å². The van der Waals surface area contributed by atoms with E-state index in [1.54, 1.807) is 6.08 Å². The zero-order valence-corrected chi connectivity index (χ0v) is 6.80. The predicted molar refractivity (Wildman–Crippen MR) is 45.2 cm³/mol. The van der Waals surface area contributed by atoms with Gasteiger partial charge in [0.1, 0.15) is 0 Å². The standard InChI is InChI=1S/C9H16O2/c1-4-6-8(7-5-2)9(10)11-3/h4,8H,1,5-7H2,2-3H3/i3D3. The third kappa shape index (κ3) is 3.81. The van der Waals surface area contributed by atoms with E-state index in [0.717, 1.165) is 6.42 Å². The molecular weight excluding hydrogens is 140 g/mol. The van der Waals surface area contributed by atoms with Crippen molar-refractivity contribution in [2.24, 2.45) is 5.92 Å². The van der Waals surface area contributed by atoms with Crippen LogP contribution in [0.15, 0.2) is 12.7 Å². The van der Waals surface area contributed by atoms with Crippen LogP contribution in [0.4, 0.5) is 0 Å². The van der Waals surface area contributed by atoms with Gasteiger partial charge in [0.05, 0.1) is 17.1 Å². The lowest BCUT2D eigenvalue weighted by molar-refractivity contribution is -0.145. The molecule has 0 saturated heterocycles. The van der Waals surface area contributed by atoms with Crippen molar-refractivity contribution in [3.8, 4) is 0 Å². The van der Waals surface area contributed by atoms with Crippen LogP contribution < -0.4 is 0 Å². The van der Waals surface area contributed by atoms with Gasteiger partial charge in [0.15, 0.2) is 0 Å². The topological polar surface area (TPSA) is 26.3 Å². The SMILES string of the molecule is [2H]C([2H])([2H])OC(=O)C(CC=C)CCC. The second kappa shape index (κ2) is 5.96. The molecule has 0 aromatic rings. The van der Waals surface area contributed by atoms with E-state index >= 15 is 0 Å². The van der Waals surface area contributed by atoms with Crippen molar-refractivity contribution in [1.82, 2.24) is 0 Å². The van der Waals surface area contributed by atoms with E-state index in [4.69, 9.17) is 4.11 Å². The molecule has 0 spiro atoms. The van der Waals surface area contributed by atoms with Crippen LogP contribution in [0.25, 0.3) is 0 Å². The maximum atomic E-state index is 11.3. The van der Waals surface area contributed by atoms with Crippen molar-refractivity contribution in [3.05, 3.63) is 12.7 Å². The maximum Gasteiger partial charge on any atom is 0.308 e. The molecule has 2 nitrogen and oxygen atoms in total. The fourth-order valence-corrected chi connectivity index (χ4v) is 0.965. The Labute approximate surface area is 72.5 Å². The molecule has 0 aromatic heterocycles. The first kappa shape index (κ1) is 5.81. The van der Waals surface area contributed by atoms with Crippen molar-refractivity contribution in [3.63, 3.8) is 0 Å². The van der Waals surface area contributed by atoms with Crippen molar-refractivity contribution in [1.29, 1.82) is 0 Å². The van der Waals surface area contributed by atoms with Crippen molar-refractivity contribution in [2.75, 3.05) is 7.04 Å². The van der Waals surface area contributed by atoms with Crippen LogP contribution in [0.1, 0.15) is 30.3 Å². The monoisotopic (exact) mass is 159 g/mol. The normalized spacial score (nSPS) is 17.4. The molecule has 0 bridgehead atoms. The van der Waals surface area contributed by atoms with E-state index in [-0.39, 0.29) is 5.92 Å². The molecule has 0 aromatic carbocycles. The number of hydrogen-bond acceptors (Lipinski definition) is 2. The number of carbonyl (C=O) groups excluding carboxylic acids is 1. The molecule has 0 saturated carbocycles. The Morgan fingerprint density at radius 3 is 3.09 bits per heavy atom. The second-order valence-corrected chi connectivity index (χ2v) is 2.43. The number of hydrogen-bond donors (Lipinski definition) is 0. The van der Waals surface area contributed by atoms with Gasteiger partial charge >= 0.3 is 5.97 Å². The van der Waals surface area contributed by atoms with E-state index in [2.05, 4.69) is 11.3 Å². The molecule has 0 N–H and O–H groups in total. The highest BCUT2D eigenvalue weighted by Crippen LogP contribution is 2.12. The largest absolute Gasteiger partial charge is 0.469 e. The molecule has 0 heterocycles. The summed E-state index contributed by atoms with van der Waals surface area (Å²) in [4.78, 5) is 11.3. The van der Waals surface area contributed by atoms with E-state index in [1.807, 2.05) is 6.92 Å². The predicted octanol–water partition coefficient (Wildman–Crippen LogP) is 2.15. The Morgan fingerprint density at radius 1 is 1.91 bits per heavy atom. The molecule has 1 unspecified atom stereocenters. The minimum Gasteiger partial charge on any atom is -0.469 e. The van der Waals surface area contributed by atoms with Crippen molar-refractivity contribution in [2.45, 2.75) is 26.2 Å². The quantitative estimate of drug-likeness (QED) is 0.454. The van der Waals surface area contributed by atoms with Gasteiger partial charge in [0.25, 0.3) is 0 Å². The summed E-state index contributed by atoms with van der Waals surface area (Å²) >= 11 is 0. The van der Waals surface area contributed by atoms with Gasteiger partial charge in [-0.25, -0.2) is 0 Å². The second-order valence-electron chi connectivity index (χ2n) is 2.43. The molecule has 0 fully saturated rings. The van der Waals surface area contributed by atoms with Gasteiger partial charge in [-0.3, -0.25) is 4.79 Å². The number of allylic oxidation sites excluding steroid dienone is 1. The molecule has 0 aliphatic carbocycles. The highest BCUT2D eigenvalue weighted by molar-refractivity contribution is 5.72. The number of methoxy groups -OCH3 is 1. The van der Waals surface area contributed by atoms with Gasteiger partial charge in [-0.05, 0) is 12.8 Å². The van der Waals surface area contributed by atoms with Gasteiger partial charge in [-0.1, -0.05) is 19.4 Å². The Balaban J connectivity index is 4.21. The third-order valence-corrected chi connectivity index (χ3v) is 1.52. The molecule has 11 heavy (non-hydrogen) atoms. The van der Waals surface area contributed by atoms with Crippen LogP contribution >= 0.6 is 0 Å². The van der Waals surface area contributed by atoms with E-state index < -0.39 is 13.0 Å². The summed E-state index contributed by atoms with van der Waals surface area (Å²) in [5.74, 6) is -1.04. The average molecular weight is 159 g/mol. The third-order valence-electron chi connectivity index (χ3n) is 1.52. The average Bonchev–Trinajstić information content (AvgIpc) is 2.01. The fraction of sp³-hybridized carbons (Fsp3) is 0.667. The zero-order valence-electron chi connectivity index (χ0n) is 9.80. The lowest BCUT2D eigenvalue weighted by Gasteiger charge is -2.10. The lowest BCUT2D eigenvalue weighted by atomic mass is 10.0. The van der Waals surface area contributed by atoms with Gasteiger partial charge in [0, 0.05) is 0 Å². The number of esters is 1. The van der Waals surface area contributed by atoms with Gasteiger partial charge in [0.2, 0.25) is 0 Å². The highest BCUT2D eigenvalue weighted by atomic mass is 16.5. The minimum atomic E-state index is -2.63. The molecule has 1 atom stereocenters. The first-order valence-electron chi connectivity index (χ1n) is 5.24. The van der Waals surface area contributed by atoms with E-state index in [0.29, 0.717) is 12.8 Å². The van der Waals surface area contributed by atoms with Crippen LogP contribution in [0, 0.1) is 5.92 Å². The number of carbonyl (C=O) groups is 1. The summed E-state index contributed by atoms with van der Waals surface area (Å²) in [6.07, 6.45) is 3.50. The summed E-state index contributed by atoms with van der Waals surface area (Å²) in [5, 5.41) is 0. The molecule has 0 radical (unpaired) electrons. The summed E-state index contributed by atoms with van der Waals surface area (Å²) in [5.41, 5.74) is 0. The molecular formula is C9H16O2. The highest BCUT2D eigenvalue weighted by Gasteiger charge is 2.15. The molecule has 2 heteroatoms. The summed E-state index contributed by atoms with van der Waals surface area (Å²) < 4.78 is 24.7. The number of ether oxygens (including phenoxy) is 1. The first-order valence-corrected chi connectivity index (χ1v) is 3.74. The molecule has 0 amide bonds. The van der Waals surface area contributed by atoms with Crippen LogP contribution in [-0.4, -0.2) is 13.0 Å². The van der Waals surface area contributed by atoms with Gasteiger partial charge in [-0.2, -0.15) is 0 Å². The zero-order chi connectivity index (χ0) is 11.2. The smallest absolute Gasteiger partial charge is 0.308 e. The Morgan fingerprint density at radius 2 is 2.64 bits per heavy atom. The first-order chi connectivity index (χ1) is 6.40. The minimum absolute atomic E-state index is 0.377. The molecule has 0 rings (SSSR count). The Kier molecular flexibility index (Phi) is 3.14. The van der Waals surface area contributed by atoms with Crippen LogP contribution in [-0.2, 0) is 9.53 Å². The summed E-state index contributed by atoms with van der Waals surface area (Å²) in [6, 6.07) is 0. The van der Waals surface area contributed by atoms with Crippen LogP contribution in [0.3, 0.4) is 0 Å². The van der Waals surface area contributed by atoms with Crippen LogP contribution in [0.2, 0.25) is 0 Å². The van der Waals surface area contributed by atoms with Gasteiger partial charge in [-0.15, -0.1) is 6.58 Å². The van der Waals surface area contributed by atoms with Gasteiger partial charge < -0.3 is 4.74 Å². The van der Waals surface area contributed by atoms with Crippen molar-refractivity contribution < 1.29 is 13.6 Å². The van der Waals surface area contributed by atoms with E-state index in [9.17, 15) is 4.79 Å². The summed E-state index contributed by atoms with van der Waals surface area (Å²) in [6.45, 7) is 5.44. The Hall–Kier alpha value is -0.790.